The van der Waals surface area contributed by atoms with Crippen LogP contribution in [0, 0.1) is 0 Å². The number of aromatic nitrogens is 2. The van der Waals surface area contributed by atoms with Crippen LogP contribution in [0.4, 0.5) is 0 Å². The number of hydrogen-bond acceptors (Lipinski definition) is 4. The second-order valence-corrected chi connectivity index (χ2v) is 6.13. The van der Waals surface area contributed by atoms with Crippen LogP contribution in [0.1, 0.15) is 53.1 Å². The second kappa shape index (κ2) is 6.97. The summed E-state index contributed by atoms with van der Waals surface area (Å²) in [6.07, 6.45) is 3.35. The van der Waals surface area contributed by atoms with Gasteiger partial charge in [-0.1, -0.05) is 29.8 Å². The van der Waals surface area contributed by atoms with E-state index in [2.05, 4.69) is 15.3 Å². The number of carboxylic acids is 1. The van der Waals surface area contributed by atoms with E-state index in [1.807, 2.05) is 0 Å². The number of rotatable bonds is 6. The third-order valence-corrected chi connectivity index (χ3v) is 4.16. The highest BCUT2D eigenvalue weighted by Gasteiger charge is 2.28. The first kappa shape index (κ1) is 16.4. The van der Waals surface area contributed by atoms with Gasteiger partial charge in [-0.25, -0.2) is 9.97 Å². The average Bonchev–Trinajstić information content (AvgIpc) is 3.39. The van der Waals surface area contributed by atoms with Gasteiger partial charge in [-0.3, -0.25) is 9.59 Å². The molecule has 0 bridgehead atoms. The molecule has 6 nitrogen and oxygen atoms in total. The molecule has 0 unspecified atom stereocenters. The maximum Gasteiger partial charge on any atom is 0.305 e. The summed E-state index contributed by atoms with van der Waals surface area (Å²) in [6, 6.07) is 7.64. The minimum Gasteiger partial charge on any atom is -0.481 e. The monoisotopic (exact) mass is 345 g/mol. The highest BCUT2D eigenvalue weighted by atomic mass is 35.5. The normalized spacial score (nSPS) is 14.9. The van der Waals surface area contributed by atoms with Gasteiger partial charge in [0.05, 0.1) is 12.5 Å². The standard InChI is InChI=1S/C17H16ClN3O3/c18-12-4-2-1-3-11(12)14(9-15(22)23)21-17(24)13-7-8-19-16(20-13)10-5-6-10/h1-4,7-8,10,14H,5-6,9H2,(H,21,24)(H,22,23)/t14-/m1/s1. The predicted molar refractivity (Wildman–Crippen MR) is 87.9 cm³/mol. The number of nitrogens with one attached hydrogen (secondary N) is 1. The number of halogens is 1. The Balaban J connectivity index is 1.81. The predicted octanol–water partition coefficient (Wildman–Crippen LogP) is 2.95. The second-order valence-electron chi connectivity index (χ2n) is 5.72. The summed E-state index contributed by atoms with van der Waals surface area (Å²) in [5.74, 6) is -0.474. The van der Waals surface area contributed by atoms with E-state index in [0.717, 1.165) is 12.8 Å². The maximum atomic E-state index is 12.5. The van der Waals surface area contributed by atoms with Gasteiger partial charge in [0.2, 0.25) is 0 Å². The number of carbonyl (C=O) groups excluding carboxylic acids is 1. The van der Waals surface area contributed by atoms with Crippen LogP contribution in [0.5, 0.6) is 0 Å². The molecular formula is C17H16ClN3O3. The Kier molecular flexibility index (Phi) is 4.76. The molecule has 24 heavy (non-hydrogen) atoms. The van der Waals surface area contributed by atoms with Crippen LogP contribution < -0.4 is 5.32 Å². The average molecular weight is 346 g/mol. The largest absolute Gasteiger partial charge is 0.481 e. The van der Waals surface area contributed by atoms with Crippen molar-refractivity contribution in [1.82, 2.24) is 15.3 Å². The van der Waals surface area contributed by atoms with E-state index in [1.54, 1.807) is 30.5 Å². The van der Waals surface area contributed by atoms with Gasteiger partial charge in [-0.15, -0.1) is 0 Å². The number of hydrogen-bond donors (Lipinski definition) is 2. The summed E-state index contributed by atoms with van der Waals surface area (Å²) in [7, 11) is 0. The van der Waals surface area contributed by atoms with Crippen LogP contribution in [0.15, 0.2) is 36.5 Å². The van der Waals surface area contributed by atoms with Crippen molar-refractivity contribution >= 4 is 23.5 Å². The van der Waals surface area contributed by atoms with Crippen molar-refractivity contribution < 1.29 is 14.7 Å². The molecule has 1 heterocycles. The molecule has 1 saturated carbocycles. The van der Waals surface area contributed by atoms with E-state index in [0.29, 0.717) is 22.3 Å². The lowest BCUT2D eigenvalue weighted by atomic mass is 10.0. The number of carbonyl (C=O) groups is 2. The zero-order valence-electron chi connectivity index (χ0n) is 12.8. The van der Waals surface area contributed by atoms with Crippen LogP contribution in [-0.2, 0) is 4.79 Å². The van der Waals surface area contributed by atoms with Crippen LogP contribution >= 0.6 is 11.6 Å². The van der Waals surface area contributed by atoms with Gasteiger partial charge < -0.3 is 10.4 Å². The smallest absolute Gasteiger partial charge is 0.305 e. The number of benzene rings is 1. The Hall–Kier alpha value is -2.47. The van der Waals surface area contributed by atoms with Crippen LogP contribution in [0.3, 0.4) is 0 Å². The van der Waals surface area contributed by atoms with E-state index in [1.165, 1.54) is 6.07 Å². The summed E-state index contributed by atoms with van der Waals surface area (Å²) in [4.78, 5) is 32.1. The zero-order valence-corrected chi connectivity index (χ0v) is 13.5. The molecule has 3 rings (SSSR count). The highest BCUT2D eigenvalue weighted by molar-refractivity contribution is 6.31. The molecular weight excluding hydrogens is 330 g/mol. The molecule has 1 amide bonds. The number of carboxylic acid groups (broad SMARTS) is 1. The molecule has 0 saturated heterocycles. The third kappa shape index (κ3) is 3.89. The van der Waals surface area contributed by atoms with Crippen molar-refractivity contribution in [2.75, 3.05) is 0 Å². The van der Waals surface area contributed by atoms with Gasteiger partial charge in [-0.05, 0) is 30.5 Å². The fourth-order valence-corrected chi connectivity index (χ4v) is 2.71. The Bertz CT molecular complexity index is 777. The van der Waals surface area contributed by atoms with E-state index in [4.69, 9.17) is 16.7 Å². The first-order valence-electron chi connectivity index (χ1n) is 7.64. The maximum absolute atomic E-state index is 12.5. The van der Waals surface area contributed by atoms with E-state index < -0.39 is 17.9 Å². The van der Waals surface area contributed by atoms with E-state index in [-0.39, 0.29) is 12.1 Å². The minimum atomic E-state index is -1.03. The van der Waals surface area contributed by atoms with Gasteiger partial charge in [0, 0.05) is 17.1 Å². The molecule has 1 aromatic carbocycles. The molecule has 1 aliphatic carbocycles. The van der Waals surface area contributed by atoms with Crippen molar-refractivity contribution in [2.24, 2.45) is 0 Å². The summed E-state index contributed by atoms with van der Waals surface area (Å²) in [5.41, 5.74) is 0.792. The third-order valence-electron chi connectivity index (χ3n) is 3.81. The van der Waals surface area contributed by atoms with Gasteiger partial charge in [-0.2, -0.15) is 0 Å². The first-order chi connectivity index (χ1) is 11.5. The van der Waals surface area contributed by atoms with Gasteiger partial charge in [0.1, 0.15) is 11.5 Å². The van der Waals surface area contributed by atoms with Crippen molar-refractivity contribution in [2.45, 2.75) is 31.2 Å². The Morgan fingerprint density at radius 2 is 2.04 bits per heavy atom. The zero-order chi connectivity index (χ0) is 17.1. The van der Waals surface area contributed by atoms with Crippen molar-refractivity contribution in [3.63, 3.8) is 0 Å². The Morgan fingerprint density at radius 1 is 1.29 bits per heavy atom. The van der Waals surface area contributed by atoms with Crippen molar-refractivity contribution in [3.8, 4) is 0 Å². The molecule has 1 fully saturated rings. The molecule has 1 aromatic heterocycles. The van der Waals surface area contributed by atoms with Gasteiger partial charge >= 0.3 is 5.97 Å². The fraction of sp³-hybridized carbons (Fsp3) is 0.294. The Labute approximate surface area is 143 Å². The first-order valence-corrected chi connectivity index (χ1v) is 8.02. The van der Waals surface area contributed by atoms with E-state index >= 15 is 0 Å². The summed E-state index contributed by atoms with van der Waals surface area (Å²) in [5, 5.41) is 12.2. The topological polar surface area (TPSA) is 92.2 Å². The molecule has 0 radical (unpaired) electrons. The lowest BCUT2D eigenvalue weighted by Crippen LogP contribution is -2.31. The van der Waals surface area contributed by atoms with Crippen LogP contribution in [0.25, 0.3) is 0 Å². The lowest BCUT2D eigenvalue weighted by molar-refractivity contribution is -0.137. The molecule has 0 spiro atoms. The summed E-state index contributed by atoms with van der Waals surface area (Å²) >= 11 is 6.14. The summed E-state index contributed by atoms with van der Waals surface area (Å²) in [6.45, 7) is 0. The number of aliphatic carboxylic acids is 1. The van der Waals surface area contributed by atoms with Crippen molar-refractivity contribution in [1.29, 1.82) is 0 Å². The minimum absolute atomic E-state index is 0.231. The molecule has 2 N–H and O–H groups in total. The molecule has 1 aliphatic rings. The highest BCUT2D eigenvalue weighted by Crippen LogP contribution is 2.37. The van der Waals surface area contributed by atoms with Crippen LogP contribution in [-0.4, -0.2) is 27.0 Å². The number of amides is 1. The van der Waals surface area contributed by atoms with Crippen molar-refractivity contribution in [3.05, 3.63) is 58.6 Å². The van der Waals surface area contributed by atoms with E-state index in [9.17, 15) is 9.59 Å². The summed E-state index contributed by atoms with van der Waals surface area (Å²) < 4.78 is 0. The molecule has 1 atom stereocenters. The van der Waals surface area contributed by atoms with Gasteiger partial charge in [0.15, 0.2) is 0 Å². The van der Waals surface area contributed by atoms with Crippen LogP contribution in [0.2, 0.25) is 5.02 Å². The quantitative estimate of drug-likeness (QED) is 0.839. The molecule has 124 valence electrons. The SMILES string of the molecule is O=C(O)C[C@@H](NC(=O)c1ccnc(C2CC2)n1)c1ccccc1Cl. The fourth-order valence-electron chi connectivity index (χ4n) is 2.44. The Morgan fingerprint density at radius 3 is 2.71 bits per heavy atom. The molecule has 0 aliphatic heterocycles. The lowest BCUT2D eigenvalue weighted by Gasteiger charge is -2.18. The number of nitrogens with zero attached hydrogens (tertiary/aromatic N) is 2. The molecule has 2 aromatic rings. The molecule has 7 heteroatoms. The van der Waals surface area contributed by atoms with Gasteiger partial charge in [0.25, 0.3) is 5.91 Å².